The van der Waals surface area contributed by atoms with E-state index in [0.29, 0.717) is 12.0 Å². The summed E-state index contributed by atoms with van der Waals surface area (Å²) < 4.78 is 2.50. The number of piperidine rings is 1. The van der Waals surface area contributed by atoms with Crippen molar-refractivity contribution in [1.29, 1.82) is 0 Å². The average Bonchev–Trinajstić information content (AvgIpc) is 2.76. The first kappa shape index (κ1) is 14.4. The summed E-state index contributed by atoms with van der Waals surface area (Å²) in [4.78, 5) is 7.29. The smallest absolute Gasteiger partial charge is 0.110 e. The number of imidazole rings is 1. The van der Waals surface area contributed by atoms with Crippen LogP contribution in [0.2, 0.25) is 0 Å². The van der Waals surface area contributed by atoms with Gasteiger partial charge in [-0.15, -0.1) is 0 Å². The van der Waals surface area contributed by atoms with E-state index < -0.39 is 0 Å². The van der Waals surface area contributed by atoms with Gasteiger partial charge in [-0.25, -0.2) is 4.98 Å². The molecule has 1 aromatic heterocycles. The van der Waals surface area contributed by atoms with Crippen molar-refractivity contribution in [2.75, 3.05) is 25.9 Å². The minimum absolute atomic E-state index is 0.552. The molecule has 4 nitrogen and oxygen atoms in total. The van der Waals surface area contributed by atoms with Crippen LogP contribution in [0.15, 0.2) is 18.2 Å². The molecule has 0 radical (unpaired) electrons. The molecule has 0 bridgehead atoms. The molecule has 0 amide bonds. The number of aromatic nitrogens is 2. The minimum atomic E-state index is 0.552. The van der Waals surface area contributed by atoms with Gasteiger partial charge < -0.3 is 15.2 Å². The Labute approximate surface area is 126 Å². The Morgan fingerprint density at radius 3 is 2.90 bits per heavy atom. The summed E-state index contributed by atoms with van der Waals surface area (Å²) in [6.07, 6.45) is 3.36. The molecule has 1 fully saturated rings. The highest BCUT2D eigenvalue weighted by atomic mass is 15.2. The molecule has 2 atom stereocenters. The van der Waals surface area contributed by atoms with Gasteiger partial charge in [0.15, 0.2) is 0 Å². The average molecular weight is 286 g/mol. The molecule has 1 saturated heterocycles. The maximum Gasteiger partial charge on any atom is 0.110 e. The summed E-state index contributed by atoms with van der Waals surface area (Å²) in [6.45, 7) is 6.90. The number of nitrogens with two attached hydrogens (primary N) is 1. The molecular formula is C17H26N4. The van der Waals surface area contributed by atoms with Crippen LogP contribution in [0.5, 0.6) is 0 Å². The zero-order chi connectivity index (χ0) is 15.0. The standard InChI is InChI=1S/C17H26N4/c1-4-5-17-19-14-10-13(18)6-7-16(14)21(17)15-8-9-20(3)11-12(15)2/h6-7,10,12,15H,4-5,8-9,11,18H2,1-3H3. The lowest BCUT2D eigenvalue weighted by atomic mass is 9.93. The van der Waals surface area contributed by atoms with Crippen LogP contribution in [0.4, 0.5) is 5.69 Å². The Morgan fingerprint density at radius 1 is 1.38 bits per heavy atom. The highest BCUT2D eigenvalue weighted by molar-refractivity contribution is 5.79. The number of hydrogen-bond acceptors (Lipinski definition) is 3. The molecule has 114 valence electrons. The number of hydrogen-bond donors (Lipinski definition) is 1. The molecule has 2 N–H and O–H groups in total. The van der Waals surface area contributed by atoms with Crippen molar-refractivity contribution >= 4 is 16.7 Å². The topological polar surface area (TPSA) is 47.1 Å². The number of likely N-dealkylation sites (tertiary alicyclic amines) is 1. The molecule has 3 rings (SSSR count). The number of nitrogens with zero attached hydrogens (tertiary/aromatic N) is 3. The third kappa shape index (κ3) is 2.64. The monoisotopic (exact) mass is 286 g/mol. The van der Waals surface area contributed by atoms with Crippen LogP contribution in [0.3, 0.4) is 0 Å². The van der Waals surface area contributed by atoms with E-state index in [9.17, 15) is 0 Å². The molecule has 2 aromatic rings. The van der Waals surface area contributed by atoms with Crippen molar-refractivity contribution in [2.24, 2.45) is 5.92 Å². The van der Waals surface area contributed by atoms with Gasteiger partial charge >= 0.3 is 0 Å². The van der Waals surface area contributed by atoms with Crippen LogP contribution in [-0.2, 0) is 6.42 Å². The van der Waals surface area contributed by atoms with Crippen LogP contribution >= 0.6 is 0 Å². The first-order valence-electron chi connectivity index (χ1n) is 8.05. The van der Waals surface area contributed by atoms with Gasteiger partial charge in [-0.3, -0.25) is 0 Å². The Hall–Kier alpha value is -1.55. The van der Waals surface area contributed by atoms with Crippen LogP contribution in [0.25, 0.3) is 11.0 Å². The SMILES string of the molecule is CCCc1nc2cc(N)ccc2n1C1CCN(C)CC1C. The molecule has 0 spiro atoms. The lowest BCUT2D eigenvalue weighted by molar-refractivity contribution is 0.159. The summed E-state index contributed by atoms with van der Waals surface area (Å²) in [5, 5.41) is 0. The lowest BCUT2D eigenvalue weighted by Crippen LogP contribution is -2.38. The van der Waals surface area contributed by atoms with Crippen LogP contribution < -0.4 is 5.73 Å². The second-order valence-corrected chi connectivity index (χ2v) is 6.49. The predicted octanol–water partition coefficient (Wildman–Crippen LogP) is 3.08. The lowest BCUT2D eigenvalue weighted by Gasteiger charge is -2.36. The Morgan fingerprint density at radius 2 is 2.19 bits per heavy atom. The number of fused-ring (bicyclic) bond motifs is 1. The van der Waals surface area contributed by atoms with Crippen molar-refractivity contribution in [2.45, 2.75) is 39.2 Å². The molecule has 21 heavy (non-hydrogen) atoms. The van der Waals surface area contributed by atoms with Crippen LogP contribution in [0.1, 0.15) is 38.6 Å². The summed E-state index contributed by atoms with van der Waals surface area (Å²) in [6, 6.07) is 6.69. The third-order valence-electron chi connectivity index (χ3n) is 4.65. The summed E-state index contributed by atoms with van der Waals surface area (Å²) in [5.74, 6) is 1.87. The second kappa shape index (κ2) is 5.68. The number of benzene rings is 1. The number of anilines is 1. The van der Waals surface area contributed by atoms with Gasteiger partial charge in [0.2, 0.25) is 0 Å². The minimum Gasteiger partial charge on any atom is -0.399 e. The fourth-order valence-electron chi connectivity index (χ4n) is 3.66. The molecule has 1 aliphatic heterocycles. The van der Waals surface area contributed by atoms with Gasteiger partial charge in [-0.2, -0.15) is 0 Å². The zero-order valence-corrected chi connectivity index (χ0v) is 13.3. The van der Waals surface area contributed by atoms with E-state index in [4.69, 9.17) is 10.7 Å². The summed E-state index contributed by atoms with van der Waals surface area (Å²) in [7, 11) is 2.21. The maximum atomic E-state index is 5.93. The van der Waals surface area contributed by atoms with Gasteiger partial charge in [0, 0.05) is 24.7 Å². The van der Waals surface area contributed by atoms with E-state index in [0.717, 1.165) is 37.1 Å². The number of aryl methyl sites for hydroxylation is 1. The van der Waals surface area contributed by atoms with E-state index in [2.05, 4.69) is 36.4 Å². The zero-order valence-electron chi connectivity index (χ0n) is 13.3. The van der Waals surface area contributed by atoms with Gasteiger partial charge in [-0.05, 0) is 50.6 Å². The van der Waals surface area contributed by atoms with Crippen molar-refractivity contribution in [3.63, 3.8) is 0 Å². The van der Waals surface area contributed by atoms with E-state index in [-0.39, 0.29) is 0 Å². The van der Waals surface area contributed by atoms with Crippen LogP contribution in [-0.4, -0.2) is 34.6 Å². The first-order valence-corrected chi connectivity index (χ1v) is 8.05. The number of rotatable bonds is 3. The van der Waals surface area contributed by atoms with Crippen molar-refractivity contribution in [3.05, 3.63) is 24.0 Å². The van der Waals surface area contributed by atoms with Crippen molar-refractivity contribution in [1.82, 2.24) is 14.5 Å². The third-order valence-corrected chi connectivity index (χ3v) is 4.65. The van der Waals surface area contributed by atoms with Crippen LogP contribution in [0, 0.1) is 5.92 Å². The van der Waals surface area contributed by atoms with Gasteiger partial charge in [0.25, 0.3) is 0 Å². The molecule has 4 heteroatoms. The maximum absolute atomic E-state index is 5.93. The highest BCUT2D eigenvalue weighted by Gasteiger charge is 2.28. The Balaban J connectivity index is 2.08. The molecule has 2 heterocycles. The molecule has 1 aromatic carbocycles. The Kier molecular flexibility index (Phi) is 3.89. The fourth-order valence-corrected chi connectivity index (χ4v) is 3.66. The molecule has 0 aliphatic carbocycles. The van der Waals surface area contributed by atoms with Crippen molar-refractivity contribution in [3.8, 4) is 0 Å². The number of nitrogen functional groups attached to an aromatic ring is 1. The molecule has 2 unspecified atom stereocenters. The quantitative estimate of drug-likeness (QED) is 0.882. The van der Waals surface area contributed by atoms with Gasteiger partial charge in [0.05, 0.1) is 11.0 Å². The molecule has 0 saturated carbocycles. The Bertz CT molecular complexity index is 631. The van der Waals surface area contributed by atoms with E-state index in [1.807, 2.05) is 12.1 Å². The second-order valence-electron chi connectivity index (χ2n) is 6.49. The normalized spacial score (nSPS) is 23.8. The predicted molar refractivity (Wildman–Crippen MR) is 88.5 cm³/mol. The van der Waals surface area contributed by atoms with E-state index in [1.54, 1.807) is 0 Å². The molecular weight excluding hydrogens is 260 g/mol. The fraction of sp³-hybridized carbons (Fsp3) is 0.588. The van der Waals surface area contributed by atoms with E-state index in [1.165, 1.54) is 17.8 Å². The van der Waals surface area contributed by atoms with Crippen molar-refractivity contribution < 1.29 is 0 Å². The highest BCUT2D eigenvalue weighted by Crippen LogP contribution is 2.33. The van der Waals surface area contributed by atoms with Gasteiger partial charge in [-0.1, -0.05) is 13.8 Å². The largest absolute Gasteiger partial charge is 0.399 e. The van der Waals surface area contributed by atoms with Gasteiger partial charge in [0.1, 0.15) is 5.82 Å². The summed E-state index contributed by atoms with van der Waals surface area (Å²) in [5.41, 5.74) is 9.01. The summed E-state index contributed by atoms with van der Waals surface area (Å²) >= 11 is 0. The first-order chi connectivity index (χ1) is 10.1. The molecule has 1 aliphatic rings. The van der Waals surface area contributed by atoms with E-state index >= 15 is 0 Å².